The number of ether oxygens (including phenoxy) is 2. The molecular formula is C25H14BrF7O2. The lowest BCUT2D eigenvalue weighted by molar-refractivity contribution is -0.266. The van der Waals surface area contributed by atoms with Crippen LogP contribution in [0.2, 0.25) is 0 Å². The quantitative estimate of drug-likeness (QED) is 0.128. The van der Waals surface area contributed by atoms with E-state index in [9.17, 15) is 30.7 Å². The van der Waals surface area contributed by atoms with E-state index in [4.69, 9.17) is 0 Å². The Morgan fingerprint density at radius 1 is 0.771 bits per heavy atom. The minimum absolute atomic E-state index is 0.0514. The van der Waals surface area contributed by atoms with Gasteiger partial charge in [-0.3, -0.25) is 0 Å². The molecule has 4 aromatic carbocycles. The van der Waals surface area contributed by atoms with Crippen molar-refractivity contribution in [2.24, 2.45) is 0 Å². The van der Waals surface area contributed by atoms with Crippen LogP contribution in [0, 0.1) is 0 Å². The minimum atomic E-state index is -4.86. The van der Waals surface area contributed by atoms with Gasteiger partial charge in [0.05, 0.1) is 0 Å². The summed E-state index contributed by atoms with van der Waals surface area (Å²) in [7, 11) is 0. The molecular weight excluding hydrogens is 545 g/mol. The first-order valence-corrected chi connectivity index (χ1v) is 10.8. The van der Waals surface area contributed by atoms with Crippen LogP contribution in [0.15, 0.2) is 84.9 Å². The molecule has 0 bridgehead atoms. The van der Waals surface area contributed by atoms with Gasteiger partial charge in [-0.15, -0.1) is 0 Å². The van der Waals surface area contributed by atoms with Crippen LogP contribution in [0.25, 0.3) is 21.5 Å². The first-order valence-electron chi connectivity index (χ1n) is 10.0. The van der Waals surface area contributed by atoms with E-state index in [2.05, 4.69) is 9.47 Å². The van der Waals surface area contributed by atoms with Gasteiger partial charge >= 0.3 is 23.0 Å². The van der Waals surface area contributed by atoms with Gasteiger partial charge in [0.15, 0.2) is 0 Å². The van der Waals surface area contributed by atoms with Crippen LogP contribution in [0.4, 0.5) is 30.7 Å². The molecule has 0 saturated heterocycles. The number of alkyl halides is 5. The number of rotatable bonds is 7. The molecule has 0 aliphatic heterocycles. The SMILES string of the molecule is FC(F)=C(F)Oc1cccc2ccc(Cc3ccc4ccccc4c3OC(F)(F)C(F)(F)Br)cc12. The van der Waals surface area contributed by atoms with Gasteiger partial charge in [-0.25, -0.2) is 0 Å². The van der Waals surface area contributed by atoms with E-state index in [0.29, 0.717) is 16.3 Å². The van der Waals surface area contributed by atoms with E-state index in [1.807, 2.05) is 0 Å². The van der Waals surface area contributed by atoms with Crippen molar-refractivity contribution in [1.29, 1.82) is 0 Å². The summed E-state index contributed by atoms with van der Waals surface area (Å²) in [6.07, 6.45) is -7.54. The van der Waals surface area contributed by atoms with Crippen molar-refractivity contribution < 1.29 is 40.2 Å². The largest absolute Gasteiger partial charge is 0.475 e. The van der Waals surface area contributed by atoms with Gasteiger partial charge < -0.3 is 9.47 Å². The molecule has 10 heteroatoms. The van der Waals surface area contributed by atoms with Gasteiger partial charge in [0.2, 0.25) is 0 Å². The van der Waals surface area contributed by atoms with Crippen molar-refractivity contribution in [2.75, 3.05) is 0 Å². The average Bonchev–Trinajstić information content (AvgIpc) is 2.80. The Bertz CT molecular complexity index is 1430. The zero-order valence-corrected chi connectivity index (χ0v) is 19.1. The Labute approximate surface area is 202 Å². The minimum Gasteiger partial charge on any atom is -0.427 e. The summed E-state index contributed by atoms with van der Waals surface area (Å²) in [5, 5.41) is 1.50. The lowest BCUT2D eigenvalue weighted by Gasteiger charge is -2.24. The third-order valence-electron chi connectivity index (χ3n) is 5.17. The summed E-state index contributed by atoms with van der Waals surface area (Å²) in [4.78, 5) is -4.63. The standard InChI is InChI=1S/C25H14BrF7O2/c26-24(30,31)25(32,33)35-21-17(11-10-15-4-1-2-6-18(15)21)12-14-8-9-16-5-3-7-20(19(16)13-14)34-23(29)22(27)28/h1-11,13H,12H2. The molecule has 0 amide bonds. The number of hydrogen-bond donors (Lipinski definition) is 0. The Morgan fingerprint density at radius 3 is 2.14 bits per heavy atom. The molecule has 0 fully saturated rings. The van der Waals surface area contributed by atoms with E-state index < -0.39 is 28.8 Å². The summed E-state index contributed by atoms with van der Waals surface area (Å²) in [6, 6.07) is 16.5. The summed E-state index contributed by atoms with van der Waals surface area (Å²) >= 11 is 1.67. The maximum atomic E-state index is 14.2. The van der Waals surface area contributed by atoms with Gasteiger partial charge in [0.25, 0.3) is 0 Å². The molecule has 0 atom stereocenters. The van der Waals surface area contributed by atoms with Crippen molar-refractivity contribution in [3.63, 3.8) is 0 Å². The van der Waals surface area contributed by atoms with Crippen LogP contribution in [0.5, 0.6) is 11.5 Å². The van der Waals surface area contributed by atoms with Gasteiger partial charge in [-0.1, -0.05) is 60.7 Å². The lowest BCUT2D eigenvalue weighted by atomic mass is 9.97. The predicted molar refractivity (Wildman–Crippen MR) is 121 cm³/mol. The van der Waals surface area contributed by atoms with Gasteiger partial charge in [0, 0.05) is 33.1 Å². The Balaban J connectivity index is 1.79. The van der Waals surface area contributed by atoms with Crippen LogP contribution < -0.4 is 9.47 Å². The second-order valence-electron chi connectivity index (χ2n) is 7.52. The van der Waals surface area contributed by atoms with Crippen molar-refractivity contribution in [1.82, 2.24) is 0 Å². The van der Waals surface area contributed by atoms with Gasteiger partial charge in [-0.2, -0.15) is 30.7 Å². The summed E-state index contributed by atoms with van der Waals surface area (Å²) in [5.74, 6) is -0.625. The molecule has 2 nitrogen and oxygen atoms in total. The smallest absolute Gasteiger partial charge is 0.427 e. The summed E-state index contributed by atoms with van der Waals surface area (Å²) in [6.45, 7) is 0. The molecule has 0 spiro atoms. The van der Waals surface area contributed by atoms with E-state index in [0.717, 1.165) is 0 Å². The highest BCUT2D eigenvalue weighted by Crippen LogP contribution is 2.44. The molecule has 182 valence electrons. The van der Waals surface area contributed by atoms with Crippen molar-refractivity contribution in [3.05, 3.63) is 96.0 Å². The van der Waals surface area contributed by atoms with Gasteiger partial charge in [-0.05, 0) is 34.0 Å². The molecule has 0 N–H and O–H groups in total. The molecule has 0 heterocycles. The molecule has 0 aliphatic rings. The first kappa shape index (κ1) is 24.8. The fourth-order valence-electron chi connectivity index (χ4n) is 3.58. The zero-order valence-electron chi connectivity index (χ0n) is 17.5. The highest BCUT2D eigenvalue weighted by atomic mass is 79.9. The monoisotopic (exact) mass is 558 g/mol. The Kier molecular flexibility index (Phi) is 6.68. The second kappa shape index (κ2) is 9.41. The maximum absolute atomic E-state index is 14.2. The van der Waals surface area contributed by atoms with Crippen LogP contribution in [-0.2, 0) is 6.42 Å². The Morgan fingerprint density at radius 2 is 1.43 bits per heavy atom. The van der Waals surface area contributed by atoms with Crippen molar-refractivity contribution in [3.8, 4) is 11.5 Å². The fraction of sp³-hybridized carbons (Fsp3) is 0.120. The number of benzene rings is 4. The highest BCUT2D eigenvalue weighted by molar-refractivity contribution is 9.10. The molecule has 0 aliphatic carbocycles. The van der Waals surface area contributed by atoms with E-state index in [1.54, 1.807) is 58.4 Å². The molecule has 0 aromatic heterocycles. The molecule has 4 rings (SSSR count). The van der Waals surface area contributed by atoms with Crippen molar-refractivity contribution in [2.45, 2.75) is 17.4 Å². The number of fused-ring (bicyclic) bond motifs is 2. The first-order chi connectivity index (χ1) is 16.5. The zero-order chi connectivity index (χ0) is 25.4. The average molecular weight is 559 g/mol. The van der Waals surface area contributed by atoms with Crippen molar-refractivity contribution >= 4 is 37.5 Å². The van der Waals surface area contributed by atoms with Crippen LogP contribution in [0.3, 0.4) is 0 Å². The number of halogens is 8. The van der Waals surface area contributed by atoms with Crippen LogP contribution >= 0.6 is 15.9 Å². The third-order valence-corrected chi connectivity index (χ3v) is 5.63. The van der Waals surface area contributed by atoms with E-state index in [1.165, 1.54) is 30.3 Å². The summed E-state index contributed by atoms with van der Waals surface area (Å²) in [5.41, 5.74) is 0.645. The Hall–Kier alpha value is -3.27. The highest BCUT2D eigenvalue weighted by Gasteiger charge is 2.58. The molecule has 0 radical (unpaired) electrons. The lowest BCUT2D eigenvalue weighted by Crippen LogP contribution is -2.40. The predicted octanol–water partition coefficient (Wildman–Crippen LogP) is 8.96. The molecule has 0 unspecified atom stereocenters. The van der Waals surface area contributed by atoms with Gasteiger partial charge in [0.1, 0.15) is 11.5 Å². The molecule has 0 saturated carbocycles. The normalized spacial score (nSPS) is 12.1. The van der Waals surface area contributed by atoms with Crippen LogP contribution in [-0.4, -0.2) is 10.9 Å². The molecule has 35 heavy (non-hydrogen) atoms. The number of hydrogen-bond acceptors (Lipinski definition) is 2. The molecule has 4 aromatic rings. The second-order valence-corrected chi connectivity index (χ2v) is 8.51. The third kappa shape index (κ3) is 5.22. The van der Waals surface area contributed by atoms with E-state index >= 15 is 0 Å². The topological polar surface area (TPSA) is 18.5 Å². The summed E-state index contributed by atoms with van der Waals surface area (Å²) < 4.78 is 103. The fourth-order valence-corrected chi connectivity index (χ4v) is 3.66. The van der Waals surface area contributed by atoms with E-state index in [-0.39, 0.29) is 28.5 Å². The maximum Gasteiger partial charge on any atom is 0.475 e. The van der Waals surface area contributed by atoms with Crippen LogP contribution in [0.1, 0.15) is 11.1 Å².